The Labute approximate surface area is 276 Å². The zero-order chi connectivity index (χ0) is 32.0. The molecule has 0 bridgehead atoms. The first-order valence-corrected chi connectivity index (χ1v) is 17.8. The average Bonchev–Trinajstić information content (AvgIpc) is 3.11. The third-order valence-corrected chi connectivity index (χ3v) is 10.0. The standard InChI is InChI=1S/C36H41O8PS/c1-37-45(46,38-2)44-36-35(42-26-31-21-13-6-14-22-31)34(41-25-30-19-11-5-12-20-30)33(40-24-29-17-9-4-10-18-29)32(43-36)27-39-23-28-15-7-3-8-16-28/h3-22,32-36H,23-27H2,1-2H3/t32-,33-,34+,35-,36-/m1/s1. The second-order valence-corrected chi connectivity index (χ2v) is 13.9. The molecule has 10 heteroatoms. The lowest BCUT2D eigenvalue weighted by atomic mass is 9.98. The Kier molecular flexibility index (Phi) is 13.5. The molecule has 46 heavy (non-hydrogen) atoms. The molecule has 4 aromatic carbocycles. The predicted molar refractivity (Wildman–Crippen MR) is 179 cm³/mol. The number of hydrogen-bond donors (Lipinski definition) is 0. The fourth-order valence-electron chi connectivity index (χ4n) is 5.12. The van der Waals surface area contributed by atoms with E-state index in [-0.39, 0.29) is 13.2 Å². The molecule has 5 rings (SSSR count). The highest BCUT2D eigenvalue weighted by Crippen LogP contribution is 2.51. The van der Waals surface area contributed by atoms with Crippen LogP contribution in [0.25, 0.3) is 0 Å². The highest BCUT2D eigenvalue weighted by molar-refractivity contribution is 8.07. The predicted octanol–water partition coefficient (Wildman–Crippen LogP) is 7.22. The fraction of sp³-hybridized carbons (Fsp3) is 0.333. The van der Waals surface area contributed by atoms with Gasteiger partial charge in [0.1, 0.15) is 24.4 Å². The summed E-state index contributed by atoms with van der Waals surface area (Å²) in [5.41, 5.74) is 4.05. The summed E-state index contributed by atoms with van der Waals surface area (Å²) in [5, 5.41) is 0. The number of ether oxygens (including phenoxy) is 5. The molecule has 8 nitrogen and oxygen atoms in total. The molecule has 0 saturated carbocycles. The molecule has 0 unspecified atom stereocenters. The quantitative estimate of drug-likeness (QED) is 0.109. The molecule has 4 aromatic rings. The summed E-state index contributed by atoms with van der Waals surface area (Å²) in [5.74, 6) is 0. The first kappa shape index (κ1) is 34.5. The van der Waals surface area contributed by atoms with Crippen molar-refractivity contribution >= 4 is 18.5 Å². The molecule has 0 N–H and O–H groups in total. The lowest BCUT2D eigenvalue weighted by Crippen LogP contribution is -2.61. The van der Waals surface area contributed by atoms with E-state index in [0.717, 1.165) is 22.3 Å². The smallest absolute Gasteiger partial charge is 0.329 e. The van der Waals surface area contributed by atoms with Crippen LogP contribution in [0.1, 0.15) is 22.3 Å². The Morgan fingerprint density at radius 1 is 0.543 bits per heavy atom. The van der Waals surface area contributed by atoms with E-state index in [1.807, 2.05) is 121 Å². The zero-order valence-electron chi connectivity index (χ0n) is 26.1. The largest absolute Gasteiger partial charge is 0.374 e. The van der Waals surface area contributed by atoms with Crippen LogP contribution in [0.15, 0.2) is 121 Å². The Balaban J connectivity index is 1.47. The van der Waals surface area contributed by atoms with Crippen LogP contribution in [-0.4, -0.2) is 51.5 Å². The monoisotopic (exact) mass is 664 g/mol. The topological polar surface area (TPSA) is 73.8 Å². The van der Waals surface area contributed by atoms with Crippen molar-refractivity contribution < 1.29 is 37.3 Å². The van der Waals surface area contributed by atoms with Crippen LogP contribution < -0.4 is 0 Å². The van der Waals surface area contributed by atoms with Gasteiger partial charge in [0.2, 0.25) is 0 Å². The van der Waals surface area contributed by atoms with Gasteiger partial charge in [0, 0.05) is 14.2 Å². The van der Waals surface area contributed by atoms with Gasteiger partial charge in [0.25, 0.3) is 0 Å². The van der Waals surface area contributed by atoms with Gasteiger partial charge in [-0.05, 0) is 34.1 Å². The van der Waals surface area contributed by atoms with Crippen LogP contribution in [0, 0.1) is 0 Å². The first-order valence-electron chi connectivity index (χ1n) is 15.2. The summed E-state index contributed by atoms with van der Waals surface area (Å²) in [4.78, 5) is 0. The summed E-state index contributed by atoms with van der Waals surface area (Å²) < 4.78 is 50.1. The highest BCUT2D eigenvalue weighted by Gasteiger charge is 2.50. The third-order valence-electron chi connectivity index (χ3n) is 7.52. The number of rotatable bonds is 17. The fourth-order valence-corrected chi connectivity index (χ4v) is 6.12. The van der Waals surface area contributed by atoms with Crippen molar-refractivity contribution in [2.24, 2.45) is 0 Å². The first-order chi connectivity index (χ1) is 22.6. The number of benzene rings is 4. The molecule has 1 heterocycles. The van der Waals surface area contributed by atoms with E-state index in [9.17, 15) is 0 Å². The van der Waals surface area contributed by atoms with Crippen molar-refractivity contribution in [3.8, 4) is 0 Å². The van der Waals surface area contributed by atoms with E-state index in [1.54, 1.807) is 0 Å². The summed E-state index contributed by atoms with van der Waals surface area (Å²) in [6.07, 6.45) is -3.61. The second kappa shape index (κ2) is 17.9. The van der Waals surface area contributed by atoms with Gasteiger partial charge in [0.05, 0.1) is 33.0 Å². The van der Waals surface area contributed by atoms with Crippen molar-refractivity contribution in [1.29, 1.82) is 0 Å². The second-order valence-electron chi connectivity index (χ2n) is 10.7. The minimum atomic E-state index is -3.18. The van der Waals surface area contributed by atoms with E-state index in [4.69, 9.17) is 49.1 Å². The Bertz CT molecular complexity index is 1460. The van der Waals surface area contributed by atoms with Gasteiger partial charge in [-0.3, -0.25) is 4.52 Å². The molecule has 0 radical (unpaired) electrons. The molecule has 1 aliphatic rings. The van der Waals surface area contributed by atoms with Gasteiger partial charge >= 0.3 is 6.72 Å². The van der Waals surface area contributed by atoms with Crippen molar-refractivity contribution in [2.75, 3.05) is 20.8 Å². The Hall–Kier alpha value is -2.79. The van der Waals surface area contributed by atoms with Gasteiger partial charge < -0.3 is 32.7 Å². The van der Waals surface area contributed by atoms with Crippen LogP contribution in [0.5, 0.6) is 0 Å². The van der Waals surface area contributed by atoms with E-state index >= 15 is 0 Å². The number of hydrogen-bond acceptors (Lipinski definition) is 9. The molecule has 1 saturated heterocycles. The van der Waals surface area contributed by atoms with E-state index in [0.29, 0.717) is 19.8 Å². The summed E-state index contributed by atoms with van der Waals surface area (Å²) in [7, 11) is 2.92. The van der Waals surface area contributed by atoms with Gasteiger partial charge in [-0.1, -0.05) is 121 Å². The maximum Gasteiger partial charge on any atom is 0.329 e. The normalized spacial score (nSPS) is 21.7. The Morgan fingerprint density at radius 2 is 0.935 bits per heavy atom. The van der Waals surface area contributed by atoms with Crippen molar-refractivity contribution in [3.05, 3.63) is 144 Å². The molecule has 1 aliphatic heterocycles. The van der Waals surface area contributed by atoms with Gasteiger partial charge in [-0.25, -0.2) is 0 Å². The molecule has 244 valence electrons. The van der Waals surface area contributed by atoms with Gasteiger partial charge in [-0.15, -0.1) is 0 Å². The SMILES string of the molecule is COP(=S)(OC)O[C@H]1O[C@H](COCc2ccccc2)[C@@H](OCc2ccccc2)[C@H](OCc2ccccc2)[C@H]1OCc1ccccc1. The highest BCUT2D eigenvalue weighted by atomic mass is 32.5. The summed E-state index contributed by atoms with van der Waals surface area (Å²) >= 11 is 5.64. The maximum absolute atomic E-state index is 6.71. The Morgan fingerprint density at radius 3 is 1.37 bits per heavy atom. The van der Waals surface area contributed by atoms with Crippen LogP contribution in [0.3, 0.4) is 0 Å². The minimum Gasteiger partial charge on any atom is -0.374 e. The van der Waals surface area contributed by atoms with E-state index < -0.39 is 37.4 Å². The zero-order valence-corrected chi connectivity index (χ0v) is 27.8. The molecule has 1 fully saturated rings. The summed E-state index contributed by atoms with van der Waals surface area (Å²) in [6, 6.07) is 39.8. The minimum absolute atomic E-state index is 0.202. The molecule has 0 aliphatic carbocycles. The maximum atomic E-state index is 6.71. The van der Waals surface area contributed by atoms with Crippen molar-refractivity contribution in [2.45, 2.75) is 57.1 Å². The van der Waals surface area contributed by atoms with Crippen LogP contribution in [0.4, 0.5) is 0 Å². The molecular weight excluding hydrogens is 623 g/mol. The average molecular weight is 665 g/mol. The van der Waals surface area contributed by atoms with E-state index in [2.05, 4.69) is 0 Å². The lowest BCUT2D eigenvalue weighted by Gasteiger charge is -2.46. The molecule has 0 aromatic heterocycles. The third kappa shape index (κ3) is 10.1. The summed E-state index contributed by atoms with van der Waals surface area (Å²) in [6.45, 7) is -1.65. The van der Waals surface area contributed by atoms with Crippen molar-refractivity contribution in [3.63, 3.8) is 0 Å². The van der Waals surface area contributed by atoms with Crippen LogP contribution >= 0.6 is 6.72 Å². The van der Waals surface area contributed by atoms with Crippen LogP contribution in [-0.2, 0) is 75.5 Å². The lowest BCUT2D eigenvalue weighted by molar-refractivity contribution is -0.311. The molecule has 5 atom stereocenters. The molecule has 0 spiro atoms. The van der Waals surface area contributed by atoms with Crippen molar-refractivity contribution in [1.82, 2.24) is 0 Å². The van der Waals surface area contributed by atoms with Crippen LogP contribution in [0.2, 0.25) is 0 Å². The molecule has 0 amide bonds. The van der Waals surface area contributed by atoms with Gasteiger partial charge in [-0.2, -0.15) is 0 Å². The van der Waals surface area contributed by atoms with E-state index in [1.165, 1.54) is 14.2 Å². The van der Waals surface area contributed by atoms with Gasteiger partial charge in [0.15, 0.2) is 6.29 Å². The molecular formula is C36H41O8PS.